The maximum atomic E-state index is 11.8. The molecule has 4 aliphatic carbocycles. The molecule has 4 heteroatoms. The van der Waals surface area contributed by atoms with E-state index in [-0.39, 0.29) is 11.2 Å². The van der Waals surface area contributed by atoms with Crippen molar-refractivity contribution in [3.63, 3.8) is 0 Å². The minimum Gasteiger partial charge on any atom is -0.286 e. The van der Waals surface area contributed by atoms with Gasteiger partial charge >= 0.3 is 0 Å². The fourth-order valence-corrected chi connectivity index (χ4v) is 8.36. The van der Waals surface area contributed by atoms with Crippen molar-refractivity contribution in [3.8, 4) is 0 Å². The third kappa shape index (κ3) is 2.52. The molecule has 4 aliphatic rings. The van der Waals surface area contributed by atoms with Gasteiger partial charge in [0.2, 0.25) is 0 Å². The van der Waals surface area contributed by atoms with E-state index in [2.05, 4.69) is 19.1 Å². The van der Waals surface area contributed by atoms with Gasteiger partial charge in [0, 0.05) is 5.41 Å². The van der Waals surface area contributed by atoms with E-state index in [4.69, 9.17) is 0 Å². The summed E-state index contributed by atoms with van der Waals surface area (Å²) in [6, 6.07) is 0. The summed E-state index contributed by atoms with van der Waals surface area (Å²) in [6.07, 6.45) is 15.4. The average molecular weight is 339 g/mol. The van der Waals surface area contributed by atoms with Gasteiger partial charge in [0.15, 0.2) is 0 Å². The normalized spacial score (nSPS) is 49.3. The smallest absolute Gasteiger partial charge is 0.265 e. The Morgan fingerprint density at radius 1 is 1.09 bits per heavy atom. The van der Waals surface area contributed by atoms with Crippen molar-refractivity contribution >= 4 is 10.1 Å². The molecular formula is C19H30O3S. The van der Waals surface area contributed by atoms with Gasteiger partial charge in [0.1, 0.15) is 0 Å². The maximum Gasteiger partial charge on any atom is 0.265 e. The third-order valence-corrected chi connectivity index (χ3v) is 8.92. The fourth-order valence-electron chi connectivity index (χ4n) is 7.18. The van der Waals surface area contributed by atoms with E-state index < -0.39 is 10.1 Å². The second-order valence-corrected chi connectivity index (χ2v) is 10.5. The molecule has 1 N–H and O–H groups in total. The summed E-state index contributed by atoms with van der Waals surface area (Å²) in [7, 11) is -3.94. The Morgan fingerprint density at radius 2 is 1.91 bits per heavy atom. The standard InChI is InChI=1S/C19H30O3S/c1-18-10-4-6-16(18)15-8-7-14-5-2-3-11-19(14,13-23(20,21)22)17(15)9-12-18/h3,11,14-17H,2,4-10,12-13H2,1H3,(H,20,21,22)/t14?,15-,16-,17-,18-,19+/m0/s1. The first-order valence-electron chi connectivity index (χ1n) is 9.47. The number of rotatable bonds is 2. The quantitative estimate of drug-likeness (QED) is 0.597. The van der Waals surface area contributed by atoms with Crippen LogP contribution in [0, 0.1) is 34.5 Å². The van der Waals surface area contributed by atoms with Crippen LogP contribution in [0.25, 0.3) is 0 Å². The Balaban J connectivity index is 1.74. The summed E-state index contributed by atoms with van der Waals surface area (Å²) in [4.78, 5) is 0. The molecule has 6 atom stereocenters. The van der Waals surface area contributed by atoms with Crippen LogP contribution in [0.5, 0.6) is 0 Å². The Labute approximate surface area is 140 Å². The van der Waals surface area contributed by atoms with Crippen LogP contribution in [0.1, 0.15) is 64.7 Å². The van der Waals surface area contributed by atoms with Crippen molar-refractivity contribution in [3.05, 3.63) is 12.2 Å². The summed E-state index contributed by atoms with van der Waals surface area (Å²) < 4.78 is 33.3. The molecule has 3 nitrogen and oxygen atoms in total. The zero-order chi connectivity index (χ0) is 16.3. The Kier molecular flexibility index (Phi) is 3.73. The summed E-state index contributed by atoms with van der Waals surface area (Å²) >= 11 is 0. The predicted octanol–water partition coefficient (Wildman–Crippen LogP) is 4.45. The molecular weight excluding hydrogens is 308 g/mol. The van der Waals surface area contributed by atoms with Crippen LogP contribution in [0.2, 0.25) is 0 Å². The molecule has 0 aromatic carbocycles. The van der Waals surface area contributed by atoms with Gasteiger partial charge in [-0.3, -0.25) is 4.55 Å². The van der Waals surface area contributed by atoms with Gasteiger partial charge in [0.05, 0.1) is 5.75 Å². The van der Waals surface area contributed by atoms with Crippen molar-refractivity contribution in [2.75, 3.05) is 5.75 Å². The summed E-state index contributed by atoms with van der Waals surface area (Å²) in [5, 5.41) is 0. The third-order valence-electron chi connectivity index (χ3n) is 8.06. The van der Waals surface area contributed by atoms with E-state index in [1.807, 2.05) is 0 Å². The van der Waals surface area contributed by atoms with Gasteiger partial charge < -0.3 is 0 Å². The van der Waals surface area contributed by atoms with Crippen molar-refractivity contribution in [1.82, 2.24) is 0 Å². The number of allylic oxidation sites excluding steroid dienone is 2. The van der Waals surface area contributed by atoms with E-state index in [0.717, 1.165) is 31.6 Å². The minimum absolute atomic E-state index is 0.0498. The number of hydrogen-bond acceptors (Lipinski definition) is 2. The fraction of sp³-hybridized carbons (Fsp3) is 0.895. The van der Waals surface area contributed by atoms with Gasteiger partial charge in [-0.1, -0.05) is 25.5 Å². The monoisotopic (exact) mass is 338 g/mol. The molecule has 130 valence electrons. The molecule has 4 rings (SSSR count). The second kappa shape index (κ2) is 5.32. The molecule has 0 radical (unpaired) electrons. The van der Waals surface area contributed by atoms with E-state index >= 15 is 0 Å². The lowest BCUT2D eigenvalue weighted by Crippen LogP contribution is -2.54. The lowest BCUT2D eigenvalue weighted by molar-refractivity contribution is -0.0667. The zero-order valence-electron chi connectivity index (χ0n) is 14.2. The van der Waals surface area contributed by atoms with Crippen molar-refractivity contribution < 1.29 is 13.0 Å². The molecule has 1 unspecified atom stereocenters. The van der Waals surface area contributed by atoms with E-state index in [9.17, 15) is 13.0 Å². The predicted molar refractivity (Wildman–Crippen MR) is 91.6 cm³/mol. The van der Waals surface area contributed by atoms with Crippen molar-refractivity contribution in [2.24, 2.45) is 34.5 Å². The maximum absolute atomic E-state index is 11.8. The Bertz CT molecular complexity index is 610. The van der Waals surface area contributed by atoms with E-state index in [0.29, 0.717) is 23.2 Å². The van der Waals surface area contributed by atoms with Crippen molar-refractivity contribution in [1.29, 1.82) is 0 Å². The lowest BCUT2D eigenvalue weighted by Gasteiger charge is -2.59. The Morgan fingerprint density at radius 3 is 2.70 bits per heavy atom. The van der Waals surface area contributed by atoms with Gasteiger partial charge in [-0.25, -0.2) is 0 Å². The molecule has 0 aliphatic heterocycles. The molecule has 0 heterocycles. The lowest BCUT2D eigenvalue weighted by atomic mass is 9.46. The molecule has 23 heavy (non-hydrogen) atoms. The summed E-state index contributed by atoms with van der Waals surface area (Å²) in [5.74, 6) is 2.29. The van der Waals surface area contributed by atoms with Crippen LogP contribution in [0.4, 0.5) is 0 Å². The minimum atomic E-state index is -3.94. The van der Waals surface area contributed by atoms with E-state index in [1.165, 1.54) is 32.1 Å². The van der Waals surface area contributed by atoms with Gasteiger partial charge in [0.25, 0.3) is 10.1 Å². The van der Waals surface area contributed by atoms with Crippen LogP contribution >= 0.6 is 0 Å². The Hall–Kier alpha value is -0.350. The largest absolute Gasteiger partial charge is 0.286 e. The summed E-state index contributed by atoms with van der Waals surface area (Å²) in [6.45, 7) is 2.47. The average Bonchev–Trinajstić information content (AvgIpc) is 2.86. The van der Waals surface area contributed by atoms with Crippen molar-refractivity contribution in [2.45, 2.75) is 64.7 Å². The van der Waals surface area contributed by atoms with E-state index in [1.54, 1.807) is 0 Å². The first-order chi connectivity index (χ1) is 10.8. The number of hydrogen-bond donors (Lipinski definition) is 1. The SMILES string of the molecule is C[C@@]12CCC[C@H]1[C@@H]1CCC3CCC=C[C@]3(CS(=O)(=O)O)[C@H]1CC2. The molecule has 3 fully saturated rings. The molecule has 0 saturated heterocycles. The van der Waals surface area contributed by atoms with Crippen LogP contribution in [-0.2, 0) is 10.1 Å². The molecule has 3 saturated carbocycles. The molecule has 0 amide bonds. The number of fused-ring (bicyclic) bond motifs is 5. The summed E-state index contributed by atoms with van der Waals surface area (Å²) in [5.41, 5.74) is 0.199. The zero-order valence-corrected chi connectivity index (χ0v) is 15.0. The van der Waals surface area contributed by atoms with Crippen LogP contribution in [0.15, 0.2) is 12.2 Å². The highest BCUT2D eigenvalue weighted by Gasteiger charge is 2.58. The van der Waals surface area contributed by atoms with Crippen LogP contribution in [0.3, 0.4) is 0 Å². The second-order valence-electron chi connectivity index (χ2n) is 9.05. The molecule has 0 aromatic rings. The van der Waals surface area contributed by atoms with Gasteiger partial charge in [-0.15, -0.1) is 0 Å². The highest BCUT2D eigenvalue weighted by Crippen LogP contribution is 2.65. The van der Waals surface area contributed by atoms with Crippen LogP contribution < -0.4 is 0 Å². The topological polar surface area (TPSA) is 54.4 Å². The van der Waals surface area contributed by atoms with Gasteiger partial charge in [-0.05, 0) is 80.5 Å². The highest BCUT2D eigenvalue weighted by atomic mass is 32.2. The molecule has 0 aromatic heterocycles. The molecule has 0 bridgehead atoms. The highest BCUT2D eigenvalue weighted by molar-refractivity contribution is 7.85. The van der Waals surface area contributed by atoms with Gasteiger partial charge in [-0.2, -0.15) is 8.42 Å². The molecule has 0 spiro atoms. The first-order valence-corrected chi connectivity index (χ1v) is 11.1. The first kappa shape index (κ1) is 16.1. The van der Waals surface area contributed by atoms with Crippen LogP contribution in [-0.4, -0.2) is 18.7 Å².